The molecule has 19 heavy (non-hydrogen) atoms. The smallest absolute Gasteiger partial charge is 0.259 e. The van der Waals surface area contributed by atoms with Gasteiger partial charge in [-0.25, -0.2) is 0 Å². The molecule has 2 aromatic carbocycles. The summed E-state index contributed by atoms with van der Waals surface area (Å²) in [7, 11) is 1.54. The van der Waals surface area contributed by atoms with Gasteiger partial charge in [0.1, 0.15) is 5.75 Å². The minimum absolute atomic E-state index is 0.218. The molecule has 0 atom stereocenters. The third kappa shape index (κ3) is 3.36. The summed E-state index contributed by atoms with van der Waals surface area (Å²) in [5, 5.41) is 2.83. The van der Waals surface area contributed by atoms with Crippen molar-refractivity contribution in [3.8, 4) is 5.75 Å². The normalized spacial score (nSPS) is 10.1. The number of benzene rings is 2. The molecule has 0 saturated heterocycles. The molecule has 3 nitrogen and oxygen atoms in total. The van der Waals surface area contributed by atoms with E-state index in [0.717, 1.165) is 14.6 Å². The number of methoxy groups -OCH3 is 1. The van der Waals surface area contributed by atoms with Crippen LogP contribution in [0, 0.1) is 0 Å². The Balaban J connectivity index is 2.33. The molecule has 0 fully saturated rings. The lowest BCUT2D eigenvalue weighted by Crippen LogP contribution is -2.13. The van der Waals surface area contributed by atoms with E-state index < -0.39 is 0 Å². The van der Waals surface area contributed by atoms with Gasteiger partial charge in [0, 0.05) is 10.2 Å². The van der Waals surface area contributed by atoms with Crippen LogP contribution in [0.25, 0.3) is 0 Å². The number of hydrogen-bond acceptors (Lipinski definition) is 2. The number of carbonyl (C=O) groups is 1. The molecule has 0 spiro atoms. The van der Waals surface area contributed by atoms with E-state index >= 15 is 0 Å². The SMILES string of the molecule is COc1c(Br)cc(Br)cc1C(=O)Nc1ccccc1. The molecule has 0 aliphatic rings. The number of carbonyl (C=O) groups excluding carboxylic acids is 1. The van der Waals surface area contributed by atoms with Crippen LogP contribution in [0.15, 0.2) is 51.4 Å². The molecule has 1 amide bonds. The van der Waals surface area contributed by atoms with Gasteiger partial charge in [-0.2, -0.15) is 0 Å². The first-order valence-corrected chi connectivity index (χ1v) is 7.10. The van der Waals surface area contributed by atoms with Crippen LogP contribution in [0.3, 0.4) is 0 Å². The highest BCUT2D eigenvalue weighted by atomic mass is 79.9. The Labute approximate surface area is 128 Å². The summed E-state index contributed by atoms with van der Waals surface area (Å²) in [6, 6.07) is 12.8. The fraction of sp³-hybridized carbons (Fsp3) is 0.0714. The fourth-order valence-corrected chi connectivity index (χ4v) is 3.04. The molecular weight excluding hydrogens is 374 g/mol. The Hall–Kier alpha value is -1.33. The second-order valence-corrected chi connectivity index (χ2v) is 5.56. The number of rotatable bonds is 3. The van der Waals surface area contributed by atoms with Crippen LogP contribution in [-0.2, 0) is 0 Å². The molecule has 0 aliphatic carbocycles. The molecule has 0 radical (unpaired) electrons. The van der Waals surface area contributed by atoms with Crippen LogP contribution in [-0.4, -0.2) is 13.0 Å². The molecule has 0 aromatic heterocycles. The van der Waals surface area contributed by atoms with Crippen LogP contribution >= 0.6 is 31.9 Å². The van der Waals surface area contributed by atoms with E-state index in [0.29, 0.717) is 11.3 Å². The topological polar surface area (TPSA) is 38.3 Å². The second kappa shape index (κ2) is 6.21. The first kappa shape index (κ1) is 14.1. The van der Waals surface area contributed by atoms with Crippen molar-refractivity contribution in [2.45, 2.75) is 0 Å². The van der Waals surface area contributed by atoms with Gasteiger partial charge < -0.3 is 10.1 Å². The van der Waals surface area contributed by atoms with Gasteiger partial charge in [0.15, 0.2) is 0 Å². The van der Waals surface area contributed by atoms with Gasteiger partial charge in [0.2, 0.25) is 0 Å². The third-order valence-electron chi connectivity index (χ3n) is 2.49. The summed E-state index contributed by atoms with van der Waals surface area (Å²) in [6.07, 6.45) is 0. The highest BCUT2D eigenvalue weighted by molar-refractivity contribution is 9.11. The van der Waals surface area contributed by atoms with E-state index in [1.165, 1.54) is 7.11 Å². The van der Waals surface area contributed by atoms with E-state index in [1.54, 1.807) is 6.07 Å². The van der Waals surface area contributed by atoms with Crippen molar-refractivity contribution in [3.63, 3.8) is 0 Å². The zero-order valence-corrected chi connectivity index (χ0v) is 13.3. The summed E-state index contributed by atoms with van der Waals surface area (Å²) in [4.78, 5) is 12.3. The Bertz CT molecular complexity index is 600. The minimum Gasteiger partial charge on any atom is -0.495 e. The Morgan fingerprint density at radius 3 is 2.47 bits per heavy atom. The van der Waals surface area contributed by atoms with Crippen molar-refractivity contribution in [3.05, 3.63) is 57.0 Å². The number of halogens is 2. The standard InChI is InChI=1S/C14H11Br2NO2/c1-19-13-11(7-9(15)8-12(13)16)14(18)17-10-5-3-2-4-6-10/h2-8H,1H3,(H,17,18). The third-order valence-corrected chi connectivity index (χ3v) is 3.54. The van der Waals surface area contributed by atoms with Gasteiger partial charge in [-0.1, -0.05) is 34.1 Å². The molecule has 98 valence electrons. The Morgan fingerprint density at radius 2 is 1.84 bits per heavy atom. The molecule has 0 aliphatic heterocycles. The van der Waals surface area contributed by atoms with E-state index in [1.807, 2.05) is 36.4 Å². The van der Waals surface area contributed by atoms with Crippen molar-refractivity contribution in [1.82, 2.24) is 0 Å². The Kier molecular flexibility index (Phi) is 4.61. The first-order chi connectivity index (χ1) is 9.11. The average Bonchev–Trinajstić information content (AvgIpc) is 2.39. The highest BCUT2D eigenvalue weighted by Gasteiger charge is 2.16. The molecular formula is C14H11Br2NO2. The van der Waals surface area contributed by atoms with E-state index in [9.17, 15) is 4.79 Å². The van der Waals surface area contributed by atoms with Crippen LogP contribution < -0.4 is 10.1 Å². The lowest BCUT2D eigenvalue weighted by Gasteiger charge is -2.11. The van der Waals surface area contributed by atoms with Crippen molar-refractivity contribution < 1.29 is 9.53 Å². The van der Waals surface area contributed by atoms with Crippen molar-refractivity contribution in [1.29, 1.82) is 0 Å². The van der Waals surface area contributed by atoms with Crippen molar-refractivity contribution in [2.75, 3.05) is 12.4 Å². The number of nitrogens with one attached hydrogen (secondary N) is 1. The summed E-state index contributed by atoms with van der Waals surface area (Å²) in [6.45, 7) is 0. The number of hydrogen-bond donors (Lipinski definition) is 1. The maximum absolute atomic E-state index is 12.3. The number of para-hydroxylation sites is 1. The zero-order valence-electron chi connectivity index (χ0n) is 10.1. The maximum atomic E-state index is 12.3. The summed E-state index contributed by atoms with van der Waals surface area (Å²) in [5.74, 6) is 0.293. The van der Waals surface area contributed by atoms with E-state index in [-0.39, 0.29) is 5.91 Å². The van der Waals surface area contributed by atoms with Gasteiger partial charge in [-0.3, -0.25) is 4.79 Å². The predicted molar refractivity (Wildman–Crippen MR) is 82.8 cm³/mol. The Morgan fingerprint density at radius 1 is 1.16 bits per heavy atom. The van der Waals surface area contributed by atoms with Crippen LogP contribution in [0.4, 0.5) is 5.69 Å². The highest BCUT2D eigenvalue weighted by Crippen LogP contribution is 2.33. The lowest BCUT2D eigenvalue weighted by atomic mass is 10.2. The number of amides is 1. The fourth-order valence-electron chi connectivity index (χ4n) is 1.66. The largest absolute Gasteiger partial charge is 0.495 e. The molecule has 2 rings (SSSR count). The van der Waals surface area contributed by atoms with Crippen molar-refractivity contribution >= 4 is 43.5 Å². The lowest BCUT2D eigenvalue weighted by molar-refractivity contribution is 0.102. The van der Waals surface area contributed by atoms with Gasteiger partial charge in [-0.15, -0.1) is 0 Å². The summed E-state index contributed by atoms with van der Waals surface area (Å²) >= 11 is 6.74. The zero-order chi connectivity index (χ0) is 13.8. The maximum Gasteiger partial charge on any atom is 0.259 e. The number of ether oxygens (including phenoxy) is 1. The van der Waals surface area contributed by atoms with Gasteiger partial charge in [-0.05, 0) is 40.2 Å². The molecule has 2 aromatic rings. The molecule has 0 heterocycles. The van der Waals surface area contributed by atoms with Gasteiger partial charge >= 0.3 is 0 Å². The summed E-state index contributed by atoms with van der Waals surface area (Å²) < 4.78 is 6.79. The van der Waals surface area contributed by atoms with Crippen LogP contribution in [0.5, 0.6) is 5.75 Å². The van der Waals surface area contributed by atoms with E-state index in [2.05, 4.69) is 37.2 Å². The summed E-state index contributed by atoms with van der Waals surface area (Å²) in [5.41, 5.74) is 1.21. The van der Waals surface area contributed by atoms with Crippen LogP contribution in [0.2, 0.25) is 0 Å². The molecule has 1 N–H and O–H groups in total. The van der Waals surface area contributed by atoms with Crippen LogP contribution in [0.1, 0.15) is 10.4 Å². The van der Waals surface area contributed by atoms with E-state index in [4.69, 9.17) is 4.74 Å². The molecule has 0 saturated carbocycles. The molecule has 5 heteroatoms. The van der Waals surface area contributed by atoms with Gasteiger partial charge in [0.25, 0.3) is 5.91 Å². The second-order valence-electron chi connectivity index (χ2n) is 3.79. The quantitative estimate of drug-likeness (QED) is 0.847. The first-order valence-electron chi connectivity index (χ1n) is 5.51. The predicted octanol–water partition coefficient (Wildman–Crippen LogP) is 4.47. The van der Waals surface area contributed by atoms with Gasteiger partial charge in [0.05, 0.1) is 17.1 Å². The molecule has 0 bridgehead atoms. The molecule has 0 unspecified atom stereocenters. The average molecular weight is 385 g/mol. The van der Waals surface area contributed by atoms with Crippen molar-refractivity contribution in [2.24, 2.45) is 0 Å². The monoisotopic (exact) mass is 383 g/mol. The minimum atomic E-state index is -0.218. The number of anilines is 1.